The van der Waals surface area contributed by atoms with E-state index in [4.69, 9.17) is 15.2 Å². The van der Waals surface area contributed by atoms with E-state index in [0.717, 1.165) is 47.2 Å². The fraction of sp³-hybridized carbons (Fsp3) is 0.400. The number of ether oxygens (including phenoxy) is 2. The van der Waals surface area contributed by atoms with Gasteiger partial charge in [-0.15, -0.1) is 0 Å². The molecule has 186 valence electrons. The van der Waals surface area contributed by atoms with Crippen LogP contribution >= 0.6 is 15.9 Å². The Labute approximate surface area is 212 Å². The van der Waals surface area contributed by atoms with Gasteiger partial charge < -0.3 is 20.5 Å². The van der Waals surface area contributed by atoms with E-state index >= 15 is 0 Å². The molecule has 10 heteroatoms. The molecule has 1 fully saturated rings. The standard InChI is InChI=1S/C25H29BrFN5O3/c1-32-24(19(14-30-32)22-10-17(25(33)34-2)11-23(27)31-22)35-9-3-4-16(15-5-6-15)13-29-21-8-7-18(26)12-20(21)28/h7-8,10-12,14-16,29H,3-6,9,13,28H2,1-2H3/t16-/m1/s1. The number of esters is 1. The van der Waals surface area contributed by atoms with Gasteiger partial charge in [0.1, 0.15) is 0 Å². The Kier molecular flexibility index (Phi) is 7.90. The predicted octanol–water partition coefficient (Wildman–Crippen LogP) is 5.05. The fourth-order valence-corrected chi connectivity index (χ4v) is 4.54. The summed E-state index contributed by atoms with van der Waals surface area (Å²) in [4.78, 5) is 15.8. The molecule has 1 saturated carbocycles. The minimum absolute atomic E-state index is 0.0796. The van der Waals surface area contributed by atoms with Gasteiger partial charge in [0.2, 0.25) is 11.8 Å². The molecule has 0 saturated heterocycles. The number of carbonyl (C=O) groups is 1. The molecule has 1 atom stereocenters. The summed E-state index contributed by atoms with van der Waals surface area (Å²) in [7, 11) is 3.00. The average molecular weight is 546 g/mol. The number of aromatic nitrogens is 3. The highest BCUT2D eigenvalue weighted by molar-refractivity contribution is 9.10. The SMILES string of the molecule is COC(=O)c1cc(F)nc(-c2cnn(C)c2OCCC[C@H](CNc2ccc(Br)cc2N)C2CC2)c1. The smallest absolute Gasteiger partial charge is 0.338 e. The molecule has 4 rings (SSSR count). The molecule has 8 nitrogen and oxygen atoms in total. The van der Waals surface area contributed by atoms with Crippen LogP contribution in [0.25, 0.3) is 11.3 Å². The van der Waals surface area contributed by atoms with E-state index in [1.54, 1.807) is 17.9 Å². The van der Waals surface area contributed by atoms with Crippen LogP contribution in [0, 0.1) is 17.8 Å². The number of nitrogen functional groups attached to an aromatic ring is 1. The fourth-order valence-electron chi connectivity index (χ4n) is 4.17. The molecule has 0 spiro atoms. The van der Waals surface area contributed by atoms with Gasteiger partial charge in [-0.05, 0) is 61.8 Å². The summed E-state index contributed by atoms with van der Waals surface area (Å²) in [5.41, 5.74) is 8.65. The molecule has 1 aliphatic carbocycles. The number of nitrogens with two attached hydrogens (primary N) is 1. The largest absolute Gasteiger partial charge is 0.477 e. The van der Waals surface area contributed by atoms with Crippen molar-refractivity contribution >= 4 is 33.3 Å². The molecule has 0 amide bonds. The molecule has 0 aliphatic heterocycles. The molecule has 0 bridgehead atoms. The van der Waals surface area contributed by atoms with Crippen molar-refractivity contribution in [1.29, 1.82) is 0 Å². The number of hydrogen-bond donors (Lipinski definition) is 2. The minimum Gasteiger partial charge on any atom is -0.477 e. The van der Waals surface area contributed by atoms with Gasteiger partial charge in [0.05, 0.1) is 48.1 Å². The summed E-state index contributed by atoms with van der Waals surface area (Å²) < 4.78 is 27.4. The van der Waals surface area contributed by atoms with Crippen molar-refractivity contribution in [2.45, 2.75) is 25.7 Å². The summed E-state index contributed by atoms with van der Waals surface area (Å²) in [6.07, 6.45) is 5.92. The average Bonchev–Trinajstić information content (AvgIpc) is 3.61. The Morgan fingerprint density at radius 3 is 2.86 bits per heavy atom. The molecular weight excluding hydrogens is 517 g/mol. The molecule has 0 radical (unpaired) electrons. The maximum absolute atomic E-state index is 14.1. The summed E-state index contributed by atoms with van der Waals surface area (Å²) in [5, 5.41) is 7.73. The zero-order valence-corrected chi connectivity index (χ0v) is 21.3. The van der Waals surface area contributed by atoms with E-state index in [1.165, 1.54) is 26.0 Å². The molecular formula is C25H29BrFN5O3. The van der Waals surface area contributed by atoms with E-state index in [2.05, 4.69) is 31.3 Å². The summed E-state index contributed by atoms with van der Waals surface area (Å²) >= 11 is 3.44. The number of benzene rings is 1. The minimum atomic E-state index is -0.774. The first-order valence-corrected chi connectivity index (χ1v) is 12.3. The number of halogens is 2. The van der Waals surface area contributed by atoms with Gasteiger partial charge in [0, 0.05) is 24.1 Å². The van der Waals surface area contributed by atoms with Gasteiger partial charge in [0.15, 0.2) is 0 Å². The molecule has 2 heterocycles. The topological polar surface area (TPSA) is 104 Å². The van der Waals surface area contributed by atoms with E-state index in [0.29, 0.717) is 24.0 Å². The van der Waals surface area contributed by atoms with Crippen molar-refractivity contribution in [2.24, 2.45) is 18.9 Å². The number of anilines is 2. The number of methoxy groups -OCH3 is 1. The van der Waals surface area contributed by atoms with Crippen molar-refractivity contribution in [3.8, 4) is 17.1 Å². The van der Waals surface area contributed by atoms with Crippen molar-refractivity contribution in [3.63, 3.8) is 0 Å². The van der Waals surface area contributed by atoms with Gasteiger partial charge >= 0.3 is 5.97 Å². The molecule has 35 heavy (non-hydrogen) atoms. The Hall–Kier alpha value is -3.14. The van der Waals surface area contributed by atoms with Crippen LogP contribution in [0.1, 0.15) is 36.0 Å². The number of carbonyl (C=O) groups excluding carboxylic acids is 1. The summed E-state index contributed by atoms with van der Waals surface area (Å²) in [6, 6.07) is 8.38. The van der Waals surface area contributed by atoms with Gasteiger partial charge in [0.25, 0.3) is 0 Å². The van der Waals surface area contributed by atoms with Crippen LogP contribution in [0.4, 0.5) is 15.8 Å². The second-order valence-corrected chi connectivity index (χ2v) is 9.66. The normalized spacial score (nSPS) is 13.9. The lowest BCUT2D eigenvalue weighted by Crippen LogP contribution is -2.18. The summed E-state index contributed by atoms with van der Waals surface area (Å²) in [6.45, 7) is 1.34. The second kappa shape index (κ2) is 11.1. The van der Waals surface area contributed by atoms with Gasteiger partial charge in [-0.2, -0.15) is 9.49 Å². The Morgan fingerprint density at radius 1 is 1.34 bits per heavy atom. The Bertz CT molecular complexity index is 1200. The predicted molar refractivity (Wildman–Crippen MR) is 136 cm³/mol. The van der Waals surface area contributed by atoms with E-state index < -0.39 is 11.9 Å². The van der Waals surface area contributed by atoms with Crippen molar-refractivity contribution in [3.05, 3.63) is 52.5 Å². The highest BCUT2D eigenvalue weighted by Crippen LogP contribution is 2.39. The lowest BCUT2D eigenvalue weighted by Gasteiger charge is -2.19. The van der Waals surface area contributed by atoms with Crippen LogP contribution in [0.3, 0.4) is 0 Å². The van der Waals surface area contributed by atoms with Crippen molar-refractivity contribution in [2.75, 3.05) is 31.3 Å². The zero-order chi connectivity index (χ0) is 24.9. The number of nitrogens with zero attached hydrogens (tertiary/aromatic N) is 3. The highest BCUT2D eigenvalue weighted by Gasteiger charge is 2.30. The van der Waals surface area contributed by atoms with Gasteiger partial charge in [-0.25, -0.2) is 14.5 Å². The first-order valence-electron chi connectivity index (χ1n) is 11.6. The number of rotatable bonds is 11. The number of nitrogens with one attached hydrogen (secondary N) is 1. The quantitative estimate of drug-likeness (QED) is 0.150. The van der Waals surface area contributed by atoms with Crippen molar-refractivity contribution in [1.82, 2.24) is 14.8 Å². The van der Waals surface area contributed by atoms with E-state index in [1.807, 2.05) is 18.2 Å². The lowest BCUT2D eigenvalue weighted by molar-refractivity contribution is 0.0600. The molecule has 0 unspecified atom stereocenters. The molecule has 1 aromatic carbocycles. The van der Waals surface area contributed by atoms with Crippen LogP contribution < -0.4 is 15.8 Å². The first kappa shape index (κ1) is 25.0. The second-order valence-electron chi connectivity index (χ2n) is 8.74. The number of pyridine rings is 1. The first-order chi connectivity index (χ1) is 16.9. The number of aryl methyl sites for hydroxylation is 1. The van der Waals surface area contributed by atoms with Gasteiger partial charge in [-0.1, -0.05) is 15.9 Å². The van der Waals surface area contributed by atoms with Crippen LogP contribution in [0.5, 0.6) is 5.88 Å². The van der Waals surface area contributed by atoms with E-state index in [9.17, 15) is 9.18 Å². The Balaban J connectivity index is 1.36. The molecule has 1 aliphatic rings. The zero-order valence-electron chi connectivity index (χ0n) is 19.8. The van der Waals surface area contributed by atoms with Gasteiger partial charge in [-0.3, -0.25) is 0 Å². The van der Waals surface area contributed by atoms with Crippen LogP contribution in [-0.2, 0) is 11.8 Å². The Morgan fingerprint density at radius 2 is 2.14 bits per heavy atom. The summed E-state index contributed by atoms with van der Waals surface area (Å²) in [5.74, 6) is 0.315. The van der Waals surface area contributed by atoms with Crippen molar-refractivity contribution < 1.29 is 18.7 Å². The maximum atomic E-state index is 14.1. The number of hydrogen-bond acceptors (Lipinski definition) is 7. The molecule has 2 aromatic heterocycles. The third-order valence-electron chi connectivity index (χ3n) is 6.19. The maximum Gasteiger partial charge on any atom is 0.338 e. The van der Waals surface area contributed by atoms with Crippen LogP contribution in [0.2, 0.25) is 0 Å². The third-order valence-corrected chi connectivity index (χ3v) is 6.68. The van der Waals surface area contributed by atoms with Crippen LogP contribution in [-0.4, -0.2) is 41.0 Å². The lowest BCUT2D eigenvalue weighted by atomic mass is 9.97. The highest BCUT2D eigenvalue weighted by atomic mass is 79.9. The monoisotopic (exact) mass is 545 g/mol. The van der Waals surface area contributed by atoms with Crippen LogP contribution in [0.15, 0.2) is 41.0 Å². The third kappa shape index (κ3) is 6.30. The molecule has 3 aromatic rings. The molecule has 3 N–H and O–H groups in total. The van der Waals surface area contributed by atoms with E-state index in [-0.39, 0.29) is 11.3 Å².